The molecule has 1 atom stereocenters. The van der Waals surface area contributed by atoms with Gasteiger partial charge in [-0.15, -0.1) is 15.3 Å². The molecule has 0 aromatic heterocycles. The number of phenols is 1. The van der Waals surface area contributed by atoms with Crippen LogP contribution in [-0.4, -0.2) is 74.7 Å². The lowest BCUT2D eigenvalue weighted by Gasteiger charge is -2.13. The average Bonchev–Trinajstić information content (AvgIpc) is 3.23. The summed E-state index contributed by atoms with van der Waals surface area (Å²) in [7, 11) is -20.2. The number of azo groups is 3. The zero-order valence-electron chi connectivity index (χ0n) is 33.2. The summed E-state index contributed by atoms with van der Waals surface area (Å²) >= 11 is 0. The molecule has 0 aliphatic rings. The zero-order chi connectivity index (χ0) is 47.9. The molecule has 0 unspecified atom stereocenters. The Labute approximate surface area is 373 Å². The van der Waals surface area contributed by atoms with Crippen molar-refractivity contribution in [3.8, 4) is 5.75 Å². The number of Topliss-reactive ketones (excluding diaryl/α,β-unsaturated/α-hetero) is 1. The van der Waals surface area contributed by atoms with E-state index in [0.717, 1.165) is 37.3 Å². The molecule has 0 saturated carbocycles. The lowest BCUT2D eigenvalue weighted by Crippen LogP contribution is -2.31. The van der Waals surface area contributed by atoms with Gasteiger partial charge in [0.25, 0.3) is 46.4 Å². The second-order valence-electron chi connectivity index (χ2n) is 13.9. The molecule has 26 heteroatoms. The molecule has 0 spiro atoms. The number of nitrogens with zero attached hydrogens (tertiary/aromatic N) is 6. The number of amides is 1. The fourth-order valence-electron chi connectivity index (χ4n) is 6.59. The largest absolute Gasteiger partial charge is 0.505 e. The minimum atomic E-state index is -5.32. The van der Waals surface area contributed by atoms with Crippen LogP contribution in [0.25, 0.3) is 32.3 Å². The lowest BCUT2D eigenvalue weighted by atomic mass is 10.1. The van der Waals surface area contributed by atoms with Crippen molar-refractivity contribution >= 4 is 119 Å². The highest BCUT2D eigenvalue weighted by atomic mass is 32.2. The zero-order valence-corrected chi connectivity index (χ0v) is 36.4. The molecular formula is C40H29N7O15S4. The molecule has 7 aromatic carbocycles. The number of aromatic hydroxyl groups is 1. The third kappa shape index (κ3) is 9.84. The monoisotopic (exact) mass is 975 g/mol. The van der Waals surface area contributed by atoms with Crippen LogP contribution in [-0.2, 0) is 50.1 Å². The van der Waals surface area contributed by atoms with Crippen LogP contribution in [0.5, 0.6) is 5.75 Å². The Bertz CT molecular complexity index is 3760. The van der Waals surface area contributed by atoms with Gasteiger partial charge in [0, 0.05) is 27.2 Å². The van der Waals surface area contributed by atoms with Crippen molar-refractivity contribution < 1.29 is 66.6 Å². The van der Waals surface area contributed by atoms with Gasteiger partial charge < -0.3 is 10.4 Å². The molecule has 0 aliphatic carbocycles. The molecule has 0 bridgehead atoms. The van der Waals surface area contributed by atoms with Crippen LogP contribution in [0, 0.1) is 0 Å². The molecule has 7 aromatic rings. The van der Waals surface area contributed by atoms with E-state index in [4.69, 9.17) is 0 Å². The van der Waals surface area contributed by atoms with Crippen molar-refractivity contribution in [2.75, 3.05) is 5.32 Å². The Morgan fingerprint density at radius 3 is 1.68 bits per heavy atom. The Hall–Kier alpha value is -7.30. The second kappa shape index (κ2) is 17.6. The number of nitrogens with one attached hydrogen (secondary N) is 1. The number of fused-ring (bicyclic) bond motifs is 3. The van der Waals surface area contributed by atoms with Crippen LogP contribution in [0.2, 0.25) is 0 Å². The number of rotatable bonds is 13. The van der Waals surface area contributed by atoms with E-state index in [1.807, 2.05) is 0 Å². The molecule has 0 heterocycles. The first-order valence-electron chi connectivity index (χ1n) is 18.3. The van der Waals surface area contributed by atoms with Crippen molar-refractivity contribution in [3.63, 3.8) is 0 Å². The molecule has 0 aliphatic heterocycles. The quantitative estimate of drug-likeness (QED) is 0.0359. The first-order valence-corrected chi connectivity index (χ1v) is 24.1. The molecule has 338 valence electrons. The molecule has 66 heavy (non-hydrogen) atoms. The molecule has 22 nitrogen and oxygen atoms in total. The Kier molecular flexibility index (Phi) is 12.4. The fraction of sp³-hybridized carbons (Fsp3) is 0.0500. The van der Waals surface area contributed by atoms with E-state index >= 15 is 0 Å². The van der Waals surface area contributed by atoms with Crippen molar-refractivity contribution in [1.29, 1.82) is 0 Å². The van der Waals surface area contributed by atoms with E-state index in [1.165, 1.54) is 36.4 Å². The normalized spacial score (nSPS) is 13.3. The van der Waals surface area contributed by atoms with Crippen LogP contribution < -0.4 is 5.32 Å². The third-order valence-electron chi connectivity index (χ3n) is 9.50. The van der Waals surface area contributed by atoms with Gasteiger partial charge >= 0.3 is 0 Å². The van der Waals surface area contributed by atoms with Crippen molar-refractivity contribution in [2.45, 2.75) is 32.5 Å². The maximum Gasteiger partial charge on any atom is 0.296 e. The molecule has 0 saturated heterocycles. The number of ketones is 1. The number of hydrogen-bond acceptors (Lipinski definition) is 17. The molecule has 7 rings (SSSR count). The van der Waals surface area contributed by atoms with Gasteiger partial charge in [0.2, 0.25) is 6.04 Å². The van der Waals surface area contributed by atoms with Gasteiger partial charge in [0.05, 0.1) is 33.0 Å². The van der Waals surface area contributed by atoms with E-state index in [9.17, 15) is 66.6 Å². The first-order chi connectivity index (χ1) is 30.9. The van der Waals surface area contributed by atoms with E-state index < -0.39 is 106 Å². The maximum absolute atomic E-state index is 13.0. The maximum atomic E-state index is 13.0. The highest BCUT2D eigenvalue weighted by molar-refractivity contribution is 7.87. The standard InChI is InChI=1S/C40H29N7O15S4/c1-21(48)37(40(50)41-23-8-3-2-4-9-23)46-45-32-20-25(63(51,52)53)16-22-17-35(66(60,61)62)38(39(49)36(22)32)47-44-31-15-14-30(26-10-5-6-11-27(26)31)43-42-24-18-29-28(34(19-24)65(57,58)59)12-7-13-33(29)64(54,55)56/h2-20,37,49H,1H3,(H,41,50)(H,51,52,53)(H,54,55,56)(H,57,58,59)(H,60,61,62)/t37-/m1/s1. The van der Waals surface area contributed by atoms with E-state index in [1.54, 1.807) is 36.4 Å². The minimum absolute atomic E-state index is 0.0159. The van der Waals surface area contributed by atoms with E-state index in [-0.39, 0.29) is 38.9 Å². The van der Waals surface area contributed by atoms with Gasteiger partial charge in [0.15, 0.2) is 11.5 Å². The summed E-state index contributed by atoms with van der Waals surface area (Å²) in [6.07, 6.45) is 0. The number of benzene rings is 7. The Morgan fingerprint density at radius 1 is 0.530 bits per heavy atom. The second-order valence-corrected chi connectivity index (χ2v) is 19.5. The average molecular weight is 976 g/mol. The van der Waals surface area contributed by atoms with Gasteiger partial charge in [-0.3, -0.25) is 27.8 Å². The summed E-state index contributed by atoms with van der Waals surface area (Å²) < 4.78 is 139. The number of hydrogen-bond donors (Lipinski definition) is 6. The fourth-order valence-corrected chi connectivity index (χ4v) is 9.21. The SMILES string of the molecule is CC(=O)[C@@H](N=Nc1cc(S(=O)(=O)O)cc2cc(S(=O)(=O)O)c(N=Nc3ccc(N=Nc4cc(S(=O)(=O)O)c5cccc(S(=O)(=O)O)c5c4)c4ccccc34)c(O)c12)C(=O)Nc1ccccc1. The summed E-state index contributed by atoms with van der Waals surface area (Å²) in [6, 6.07) is 22.5. The van der Waals surface area contributed by atoms with Gasteiger partial charge in [0.1, 0.15) is 20.4 Å². The summed E-state index contributed by atoms with van der Waals surface area (Å²) in [6.45, 7) is 1.02. The third-order valence-corrected chi connectivity index (χ3v) is 13.0. The van der Waals surface area contributed by atoms with Crippen LogP contribution >= 0.6 is 0 Å². The van der Waals surface area contributed by atoms with Crippen molar-refractivity contribution in [3.05, 3.63) is 115 Å². The number of anilines is 1. The topological polar surface area (TPSA) is 358 Å². The van der Waals surface area contributed by atoms with Gasteiger partial charge in [-0.1, -0.05) is 54.6 Å². The van der Waals surface area contributed by atoms with Crippen LogP contribution in [0.1, 0.15) is 6.92 Å². The van der Waals surface area contributed by atoms with Crippen molar-refractivity contribution in [1.82, 2.24) is 0 Å². The number of phenolic OH excluding ortho intramolecular Hbond substituents is 1. The van der Waals surface area contributed by atoms with Crippen molar-refractivity contribution in [2.24, 2.45) is 30.7 Å². The Morgan fingerprint density at radius 2 is 1.11 bits per heavy atom. The molecule has 0 radical (unpaired) electrons. The molecule has 0 fully saturated rings. The summed E-state index contributed by atoms with van der Waals surface area (Å²) in [4.78, 5) is 22.2. The summed E-state index contributed by atoms with van der Waals surface area (Å²) in [5.74, 6) is -2.84. The van der Waals surface area contributed by atoms with Crippen LogP contribution in [0.15, 0.2) is 166 Å². The van der Waals surface area contributed by atoms with Gasteiger partial charge in [-0.05, 0) is 73.0 Å². The smallest absolute Gasteiger partial charge is 0.296 e. The predicted octanol–water partition coefficient (Wildman–Crippen LogP) is 8.35. The number of carbonyl (C=O) groups excluding carboxylic acids is 2. The van der Waals surface area contributed by atoms with Crippen LogP contribution in [0.4, 0.5) is 34.1 Å². The summed E-state index contributed by atoms with van der Waals surface area (Å²) in [5.41, 5.74) is -1.42. The van der Waals surface area contributed by atoms with Crippen LogP contribution in [0.3, 0.4) is 0 Å². The minimum Gasteiger partial charge on any atom is -0.505 e. The summed E-state index contributed by atoms with van der Waals surface area (Å²) in [5, 5.41) is 37.1. The molecule has 1 amide bonds. The number of para-hydroxylation sites is 1. The van der Waals surface area contributed by atoms with Gasteiger partial charge in [-0.2, -0.15) is 49.0 Å². The number of carbonyl (C=O) groups is 2. The lowest BCUT2D eigenvalue weighted by molar-refractivity contribution is -0.126. The molecule has 6 N–H and O–H groups in total. The molecular weight excluding hydrogens is 947 g/mol. The first kappa shape index (κ1) is 46.7. The highest BCUT2D eigenvalue weighted by Crippen LogP contribution is 2.47. The van der Waals surface area contributed by atoms with E-state index in [0.29, 0.717) is 17.5 Å². The predicted molar refractivity (Wildman–Crippen MR) is 235 cm³/mol. The Balaban J connectivity index is 1.34. The van der Waals surface area contributed by atoms with Gasteiger partial charge in [-0.25, -0.2) is 0 Å². The van der Waals surface area contributed by atoms with E-state index in [2.05, 4.69) is 36.0 Å². The highest BCUT2D eigenvalue weighted by Gasteiger charge is 2.28.